The van der Waals surface area contributed by atoms with Crippen LogP contribution in [0, 0.1) is 6.92 Å². The molecule has 1 aliphatic heterocycles. The zero-order valence-corrected chi connectivity index (χ0v) is 14.5. The van der Waals surface area contributed by atoms with Gasteiger partial charge in [0.05, 0.1) is 28.9 Å². The summed E-state index contributed by atoms with van der Waals surface area (Å²) in [5, 5.41) is 2.65. The molecule has 1 aliphatic rings. The molecule has 7 nitrogen and oxygen atoms in total. The number of methoxy groups -OCH3 is 1. The number of carbonyl (C=O) groups is 2. The first-order valence-electron chi connectivity index (χ1n) is 7.45. The van der Waals surface area contributed by atoms with E-state index in [0.717, 1.165) is 4.31 Å². The van der Waals surface area contributed by atoms with Crippen molar-refractivity contribution in [2.24, 2.45) is 0 Å². The molecule has 0 aliphatic carbocycles. The quantitative estimate of drug-likeness (QED) is 0.844. The summed E-state index contributed by atoms with van der Waals surface area (Å²) in [6.45, 7) is 1.30. The average molecular weight is 360 g/mol. The maximum absolute atomic E-state index is 13.2. The molecule has 1 amide bonds. The summed E-state index contributed by atoms with van der Waals surface area (Å²) in [4.78, 5) is 23.6. The van der Waals surface area contributed by atoms with Gasteiger partial charge >= 0.3 is 5.97 Å². The maximum atomic E-state index is 13.2. The third-order valence-electron chi connectivity index (χ3n) is 3.91. The van der Waals surface area contributed by atoms with Crippen molar-refractivity contribution in [3.05, 3.63) is 53.6 Å². The number of sulfonamides is 1. The molecule has 2 aromatic carbocycles. The highest BCUT2D eigenvalue weighted by Crippen LogP contribution is 2.34. The molecule has 0 saturated carbocycles. The van der Waals surface area contributed by atoms with Crippen molar-refractivity contribution in [1.82, 2.24) is 0 Å². The van der Waals surface area contributed by atoms with Gasteiger partial charge < -0.3 is 10.1 Å². The molecule has 0 fully saturated rings. The van der Waals surface area contributed by atoms with Gasteiger partial charge in [0.2, 0.25) is 5.91 Å². The highest BCUT2D eigenvalue weighted by molar-refractivity contribution is 7.93. The topological polar surface area (TPSA) is 92.8 Å². The predicted octanol–water partition coefficient (Wildman–Crippen LogP) is 1.93. The van der Waals surface area contributed by atoms with Crippen LogP contribution in [0.25, 0.3) is 0 Å². The van der Waals surface area contributed by atoms with E-state index in [2.05, 4.69) is 10.1 Å². The van der Waals surface area contributed by atoms with Gasteiger partial charge in [-0.2, -0.15) is 0 Å². The summed E-state index contributed by atoms with van der Waals surface area (Å²) in [7, 11) is -2.81. The highest BCUT2D eigenvalue weighted by atomic mass is 32.2. The molecule has 25 heavy (non-hydrogen) atoms. The minimum absolute atomic E-state index is 0.0418. The fourth-order valence-corrected chi connectivity index (χ4v) is 4.35. The minimum Gasteiger partial charge on any atom is -0.465 e. The number of aryl methyl sites for hydroxylation is 1. The van der Waals surface area contributed by atoms with Gasteiger partial charge in [0.25, 0.3) is 10.0 Å². The number of hydrogen-bond acceptors (Lipinski definition) is 5. The summed E-state index contributed by atoms with van der Waals surface area (Å²) in [5.74, 6) is -1.06. The van der Waals surface area contributed by atoms with Crippen molar-refractivity contribution in [1.29, 1.82) is 0 Å². The van der Waals surface area contributed by atoms with Gasteiger partial charge in [0, 0.05) is 0 Å². The van der Waals surface area contributed by atoms with E-state index < -0.39 is 21.9 Å². The fourth-order valence-electron chi connectivity index (χ4n) is 2.66. The molecule has 2 aromatic rings. The van der Waals surface area contributed by atoms with Crippen LogP contribution in [-0.2, 0) is 19.6 Å². The molecule has 0 radical (unpaired) electrons. The summed E-state index contributed by atoms with van der Waals surface area (Å²) >= 11 is 0. The Labute approximate surface area is 145 Å². The SMILES string of the molecule is COC(=O)c1ccc(C)c(S(=O)(=O)N2CC(=O)Nc3ccccc32)c1. The van der Waals surface area contributed by atoms with Gasteiger partial charge in [-0.05, 0) is 36.8 Å². The number of benzene rings is 2. The van der Waals surface area contributed by atoms with Crippen molar-refractivity contribution in [3.63, 3.8) is 0 Å². The van der Waals surface area contributed by atoms with Crippen molar-refractivity contribution in [3.8, 4) is 0 Å². The number of amides is 1. The Hall–Kier alpha value is -2.87. The number of carbonyl (C=O) groups excluding carboxylic acids is 2. The molecule has 0 saturated heterocycles. The Morgan fingerprint density at radius 3 is 2.64 bits per heavy atom. The number of hydrogen-bond donors (Lipinski definition) is 1. The molecular formula is C17H16N2O5S. The number of nitrogens with zero attached hydrogens (tertiary/aromatic N) is 1. The number of esters is 1. The van der Waals surface area contributed by atoms with Crippen molar-refractivity contribution in [2.45, 2.75) is 11.8 Å². The van der Waals surface area contributed by atoms with E-state index in [1.807, 2.05) is 0 Å². The Balaban J connectivity index is 2.15. The molecule has 0 bridgehead atoms. The number of fused-ring (bicyclic) bond motifs is 1. The van der Waals surface area contributed by atoms with Crippen molar-refractivity contribution < 1.29 is 22.7 Å². The largest absolute Gasteiger partial charge is 0.465 e. The number of ether oxygens (including phenoxy) is 1. The second-order valence-electron chi connectivity index (χ2n) is 5.55. The molecular weight excluding hydrogens is 344 g/mol. The third kappa shape index (κ3) is 2.96. The second kappa shape index (κ2) is 6.21. The number of nitrogens with one attached hydrogen (secondary N) is 1. The lowest BCUT2D eigenvalue weighted by Crippen LogP contribution is -2.42. The highest BCUT2D eigenvalue weighted by Gasteiger charge is 2.33. The van der Waals surface area contributed by atoms with Crippen LogP contribution in [0.3, 0.4) is 0 Å². The van der Waals surface area contributed by atoms with Gasteiger partial charge in [-0.1, -0.05) is 18.2 Å². The fraction of sp³-hybridized carbons (Fsp3) is 0.176. The summed E-state index contributed by atoms with van der Waals surface area (Å²) in [5.41, 5.74) is 1.40. The standard InChI is InChI=1S/C17H16N2O5S/c1-11-7-8-12(17(21)24-2)9-15(11)25(22,23)19-10-16(20)18-13-5-3-4-6-14(13)19/h3-9H,10H2,1-2H3,(H,18,20). The molecule has 0 unspecified atom stereocenters. The van der Waals surface area contributed by atoms with E-state index in [1.165, 1.54) is 25.3 Å². The molecule has 0 aromatic heterocycles. The lowest BCUT2D eigenvalue weighted by atomic mass is 10.1. The van der Waals surface area contributed by atoms with Gasteiger partial charge in [-0.3, -0.25) is 9.10 Å². The average Bonchev–Trinajstić information content (AvgIpc) is 2.60. The van der Waals surface area contributed by atoms with Gasteiger partial charge in [0.1, 0.15) is 6.54 Å². The van der Waals surface area contributed by atoms with Crippen molar-refractivity contribution >= 4 is 33.3 Å². The van der Waals surface area contributed by atoms with Crippen LogP contribution in [-0.4, -0.2) is 33.9 Å². The van der Waals surface area contributed by atoms with Crippen LogP contribution in [0.1, 0.15) is 15.9 Å². The van der Waals surface area contributed by atoms with E-state index in [4.69, 9.17) is 0 Å². The minimum atomic E-state index is -4.04. The van der Waals surface area contributed by atoms with Crippen LogP contribution in [0.2, 0.25) is 0 Å². The monoisotopic (exact) mass is 360 g/mol. The molecule has 8 heteroatoms. The number of rotatable bonds is 3. The first kappa shape index (κ1) is 17.0. The number of para-hydroxylation sites is 2. The maximum Gasteiger partial charge on any atom is 0.337 e. The molecule has 1 heterocycles. The first-order chi connectivity index (χ1) is 11.8. The molecule has 130 valence electrons. The van der Waals surface area contributed by atoms with Crippen LogP contribution in [0.4, 0.5) is 11.4 Å². The Morgan fingerprint density at radius 1 is 1.20 bits per heavy atom. The third-order valence-corrected chi connectivity index (χ3v) is 5.81. The van der Waals surface area contributed by atoms with Crippen LogP contribution in [0.5, 0.6) is 0 Å². The van der Waals surface area contributed by atoms with Crippen molar-refractivity contribution in [2.75, 3.05) is 23.3 Å². The normalized spacial score (nSPS) is 13.8. The molecule has 0 atom stereocenters. The Bertz CT molecular complexity index is 969. The summed E-state index contributed by atoms with van der Waals surface area (Å²) in [6, 6.07) is 10.9. The Morgan fingerprint density at radius 2 is 1.92 bits per heavy atom. The van der Waals surface area contributed by atoms with Gasteiger partial charge in [-0.25, -0.2) is 13.2 Å². The van der Waals surface area contributed by atoms with Crippen LogP contribution in [0.15, 0.2) is 47.4 Å². The first-order valence-corrected chi connectivity index (χ1v) is 8.89. The lowest BCUT2D eigenvalue weighted by molar-refractivity contribution is -0.115. The van der Waals surface area contributed by atoms with Crippen LogP contribution >= 0.6 is 0 Å². The van der Waals surface area contributed by atoms with E-state index in [0.29, 0.717) is 16.9 Å². The summed E-state index contributed by atoms with van der Waals surface area (Å²) < 4.78 is 32.0. The Kier molecular flexibility index (Phi) is 4.22. The zero-order chi connectivity index (χ0) is 18.2. The van der Waals surface area contributed by atoms with E-state index >= 15 is 0 Å². The van der Waals surface area contributed by atoms with E-state index in [-0.39, 0.29) is 17.0 Å². The van der Waals surface area contributed by atoms with Crippen LogP contribution < -0.4 is 9.62 Å². The van der Waals surface area contributed by atoms with E-state index in [1.54, 1.807) is 31.2 Å². The smallest absolute Gasteiger partial charge is 0.337 e. The number of anilines is 2. The van der Waals surface area contributed by atoms with Gasteiger partial charge in [0.15, 0.2) is 0 Å². The second-order valence-corrected chi connectivity index (χ2v) is 7.38. The van der Waals surface area contributed by atoms with Gasteiger partial charge in [-0.15, -0.1) is 0 Å². The molecule has 3 rings (SSSR count). The lowest BCUT2D eigenvalue weighted by Gasteiger charge is -2.30. The molecule has 1 N–H and O–H groups in total. The molecule has 0 spiro atoms. The van der Waals surface area contributed by atoms with E-state index in [9.17, 15) is 18.0 Å². The zero-order valence-electron chi connectivity index (χ0n) is 13.6. The predicted molar refractivity (Wildman–Crippen MR) is 92.1 cm³/mol. The summed E-state index contributed by atoms with van der Waals surface area (Å²) in [6.07, 6.45) is 0.